The highest BCUT2D eigenvalue weighted by atomic mass is 16.3. The Morgan fingerprint density at radius 1 is 1.36 bits per heavy atom. The molecule has 0 fully saturated rings. The Morgan fingerprint density at radius 3 is 2.61 bits per heavy atom. The standard InChI is InChI=1S/C19H23N5O.CH5NO/c1-3-6-15(16-8-4-7-14(11-16)12-20)9-5-10-24-13-17(22-2)18(23-24)19(21)25;2-1-3/h3-11,13,22H,12,20H2,1-2H3,(H2,21,25);3H,1-2H2/b6-3-,10-5+,15-9+;. The highest BCUT2D eigenvalue weighted by Crippen LogP contribution is 2.18. The maximum absolute atomic E-state index is 11.4. The number of rotatable bonds is 7. The summed E-state index contributed by atoms with van der Waals surface area (Å²) >= 11 is 0. The van der Waals surface area contributed by atoms with Gasteiger partial charge in [-0.2, -0.15) is 5.10 Å². The lowest BCUT2D eigenvalue weighted by Crippen LogP contribution is -2.13. The van der Waals surface area contributed by atoms with Crippen LogP contribution in [0.2, 0.25) is 0 Å². The molecule has 0 aliphatic heterocycles. The van der Waals surface area contributed by atoms with Crippen molar-refractivity contribution in [1.29, 1.82) is 0 Å². The second-order valence-corrected chi connectivity index (χ2v) is 5.54. The summed E-state index contributed by atoms with van der Waals surface area (Å²) in [5, 5.41) is 14.4. The molecule has 8 heteroatoms. The van der Waals surface area contributed by atoms with Crippen molar-refractivity contribution in [2.24, 2.45) is 17.2 Å². The van der Waals surface area contributed by atoms with Gasteiger partial charge in [-0.1, -0.05) is 36.4 Å². The van der Waals surface area contributed by atoms with Crippen LogP contribution in [0.15, 0.2) is 54.8 Å². The Kier molecular flexibility index (Phi) is 9.98. The number of amides is 1. The van der Waals surface area contributed by atoms with Crippen molar-refractivity contribution >= 4 is 23.4 Å². The molecule has 0 aliphatic carbocycles. The summed E-state index contributed by atoms with van der Waals surface area (Å²) in [5.74, 6) is -0.569. The van der Waals surface area contributed by atoms with Crippen molar-refractivity contribution in [2.75, 3.05) is 19.1 Å². The van der Waals surface area contributed by atoms with Gasteiger partial charge in [-0.25, -0.2) is 4.68 Å². The van der Waals surface area contributed by atoms with E-state index in [0.29, 0.717) is 12.2 Å². The van der Waals surface area contributed by atoms with Gasteiger partial charge in [0, 0.05) is 19.8 Å². The highest BCUT2D eigenvalue weighted by Gasteiger charge is 2.11. The minimum atomic E-state index is -0.569. The number of carbonyl (C=O) groups is 1. The first-order chi connectivity index (χ1) is 13.5. The van der Waals surface area contributed by atoms with Crippen LogP contribution in [-0.2, 0) is 6.54 Å². The maximum Gasteiger partial charge on any atom is 0.271 e. The van der Waals surface area contributed by atoms with E-state index in [4.69, 9.17) is 16.6 Å². The first-order valence-electron chi connectivity index (χ1n) is 8.68. The molecule has 150 valence electrons. The number of primary amides is 1. The van der Waals surface area contributed by atoms with Gasteiger partial charge in [-0.05, 0) is 35.8 Å². The summed E-state index contributed by atoms with van der Waals surface area (Å²) in [7, 11) is 1.71. The monoisotopic (exact) mass is 384 g/mol. The minimum Gasteiger partial charge on any atom is -0.385 e. The molecule has 0 saturated carbocycles. The fraction of sp³-hybridized carbons (Fsp3) is 0.200. The largest absolute Gasteiger partial charge is 0.385 e. The molecule has 8 nitrogen and oxygen atoms in total. The summed E-state index contributed by atoms with van der Waals surface area (Å²) in [6.07, 6.45) is 11.3. The van der Waals surface area contributed by atoms with E-state index in [1.54, 1.807) is 24.1 Å². The van der Waals surface area contributed by atoms with Crippen LogP contribution in [0, 0.1) is 0 Å². The average molecular weight is 384 g/mol. The molecule has 1 heterocycles. The van der Waals surface area contributed by atoms with Crippen LogP contribution < -0.4 is 22.5 Å². The van der Waals surface area contributed by atoms with E-state index in [1.165, 1.54) is 0 Å². The molecule has 1 amide bonds. The molecule has 0 saturated heterocycles. The lowest BCUT2D eigenvalue weighted by atomic mass is 10.0. The number of aliphatic hydroxyl groups is 1. The zero-order chi connectivity index (χ0) is 20.9. The Bertz CT molecular complexity index is 852. The van der Waals surface area contributed by atoms with Gasteiger partial charge in [-0.15, -0.1) is 0 Å². The predicted octanol–water partition coefficient (Wildman–Crippen LogP) is 1.51. The van der Waals surface area contributed by atoms with Crippen LogP contribution in [0.4, 0.5) is 5.69 Å². The second kappa shape index (κ2) is 12.2. The van der Waals surface area contributed by atoms with E-state index in [1.807, 2.05) is 49.4 Å². The molecular weight excluding hydrogens is 356 g/mol. The highest BCUT2D eigenvalue weighted by molar-refractivity contribution is 5.96. The van der Waals surface area contributed by atoms with Crippen molar-refractivity contribution < 1.29 is 9.90 Å². The molecule has 28 heavy (non-hydrogen) atoms. The molecule has 2 rings (SSSR count). The third-order valence-corrected chi connectivity index (χ3v) is 3.59. The number of hydrogen-bond donors (Lipinski definition) is 5. The van der Waals surface area contributed by atoms with Crippen molar-refractivity contribution in [3.05, 3.63) is 71.6 Å². The number of hydrogen-bond acceptors (Lipinski definition) is 6. The summed E-state index contributed by atoms with van der Waals surface area (Å²) < 4.78 is 1.55. The van der Waals surface area contributed by atoms with Gasteiger partial charge in [0.2, 0.25) is 0 Å². The molecule has 0 spiro atoms. The van der Waals surface area contributed by atoms with E-state index in [2.05, 4.69) is 22.2 Å². The average Bonchev–Trinajstić information content (AvgIpc) is 3.11. The van der Waals surface area contributed by atoms with Gasteiger partial charge in [0.1, 0.15) is 0 Å². The Labute approximate surface area is 165 Å². The Hall–Kier alpha value is -3.20. The number of benzene rings is 1. The van der Waals surface area contributed by atoms with Crippen molar-refractivity contribution in [3.8, 4) is 0 Å². The van der Waals surface area contributed by atoms with Crippen LogP contribution >= 0.6 is 0 Å². The van der Waals surface area contributed by atoms with Gasteiger partial charge in [0.25, 0.3) is 5.91 Å². The number of nitrogens with zero attached hydrogens (tertiary/aromatic N) is 2. The predicted molar refractivity (Wildman–Crippen MR) is 114 cm³/mol. The van der Waals surface area contributed by atoms with Crippen LogP contribution in [0.1, 0.15) is 28.5 Å². The normalized spacial score (nSPS) is 11.5. The number of nitrogens with two attached hydrogens (primary N) is 3. The molecule has 0 aliphatic rings. The number of allylic oxidation sites excluding steroid dienone is 5. The molecule has 0 radical (unpaired) electrons. The second-order valence-electron chi connectivity index (χ2n) is 5.54. The fourth-order valence-electron chi connectivity index (χ4n) is 2.37. The van der Waals surface area contributed by atoms with E-state index in [9.17, 15) is 4.79 Å². The van der Waals surface area contributed by atoms with Crippen molar-refractivity contribution in [2.45, 2.75) is 13.5 Å². The van der Waals surface area contributed by atoms with Gasteiger partial charge in [0.05, 0.1) is 18.6 Å². The summed E-state index contributed by atoms with van der Waals surface area (Å²) in [4.78, 5) is 11.4. The molecule has 0 unspecified atom stereocenters. The number of anilines is 1. The van der Waals surface area contributed by atoms with E-state index >= 15 is 0 Å². The van der Waals surface area contributed by atoms with Crippen molar-refractivity contribution in [3.63, 3.8) is 0 Å². The molecule has 8 N–H and O–H groups in total. The number of aliphatic hydroxyl groups excluding tert-OH is 1. The van der Waals surface area contributed by atoms with E-state index < -0.39 is 5.91 Å². The van der Waals surface area contributed by atoms with Crippen LogP contribution in [-0.4, -0.2) is 34.6 Å². The molecule has 0 bridgehead atoms. The van der Waals surface area contributed by atoms with Gasteiger partial charge < -0.3 is 27.6 Å². The summed E-state index contributed by atoms with van der Waals surface area (Å²) in [6.45, 7) is 2.22. The number of nitrogens with one attached hydrogen (secondary N) is 1. The molecule has 1 aromatic carbocycles. The van der Waals surface area contributed by atoms with E-state index in [-0.39, 0.29) is 12.4 Å². The van der Waals surface area contributed by atoms with Crippen molar-refractivity contribution in [1.82, 2.24) is 9.78 Å². The van der Waals surface area contributed by atoms with Crippen LogP contribution in [0.3, 0.4) is 0 Å². The summed E-state index contributed by atoms with van der Waals surface area (Å²) in [6, 6.07) is 8.10. The third-order valence-electron chi connectivity index (χ3n) is 3.59. The SMILES string of the molecule is C\C=C/C(=C\C=C\n1cc(NC)c(C(N)=O)n1)c1cccc(CN)c1.NCO. The molecule has 2 aromatic rings. The first-order valence-corrected chi connectivity index (χ1v) is 8.68. The first kappa shape index (κ1) is 22.8. The third kappa shape index (κ3) is 6.84. The smallest absolute Gasteiger partial charge is 0.271 e. The lowest BCUT2D eigenvalue weighted by molar-refractivity contribution is 0.0996. The molecular formula is C20H28N6O2. The minimum absolute atomic E-state index is 0.209. The Balaban J connectivity index is 0.00000122. The van der Waals surface area contributed by atoms with Gasteiger partial charge >= 0.3 is 0 Å². The van der Waals surface area contributed by atoms with Gasteiger partial charge in [-0.3, -0.25) is 4.79 Å². The number of carbonyl (C=O) groups excluding carboxylic acids is 1. The lowest BCUT2D eigenvalue weighted by Gasteiger charge is -2.04. The fourth-order valence-corrected chi connectivity index (χ4v) is 2.37. The quantitative estimate of drug-likeness (QED) is 0.361. The summed E-state index contributed by atoms with van der Waals surface area (Å²) in [5.41, 5.74) is 19.4. The number of aromatic nitrogens is 2. The molecule has 1 aromatic heterocycles. The molecule has 0 atom stereocenters. The van der Waals surface area contributed by atoms with Crippen LogP contribution in [0.5, 0.6) is 0 Å². The zero-order valence-corrected chi connectivity index (χ0v) is 16.2. The van der Waals surface area contributed by atoms with E-state index in [0.717, 1.165) is 16.7 Å². The Morgan fingerprint density at radius 2 is 2.07 bits per heavy atom. The topological polar surface area (TPSA) is 145 Å². The maximum atomic E-state index is 11.4. The zero-order valence-electron chi connectivity index (χ0n) is 16.2. The van der Waals surface area contributed by atoms with Gasteiger partial charge in [0.15, 0.2) is 5.69 Å². The van der Waals surface area contributed by atoms with Crippen LogP contribution in [0.25, 0.3) is 11.8 Å².